The Kier molecular flexibility index (Phi) is 5.70. The first kappa shape index (κ1) is 15.3. The van der Waals surface area contributed by atoms with Crippen LogP contribution < -0.4 is 5.73 Å². The summed E-state index contributed by atoms with van der Waals surface area (Å²) in [5, 5.41) is 0. The molecule has 0 amide bonds. The van der Waals surface area contributed by atoms with Gasteiger partial charge < -0.3 is 5.73 Å². The van der Waals surface area contributed by atoms with E-state index in [1.165, 1.54) is 57.9 Å². The van der Waals surface area contributed by atoms with Gasteiger partial charge in [0.1, 0.15) is 0 Å². The van der Waals surface area contributed by atoms with Crippen LogP contribution in [-0.2, 0) is 0 Å². The molecule has 2 nitrogen and oxygen atoms in total. The molecule has 3 unspecified atom stereocenters. The van der Waals surface area contributed by atoms with Gasteiger partial charge in [-0.1, -0.05) is 33.6 Å². The second kappa shape index (κ2) is 7.08. The first-order valence-corrected chi connectivity index (χ1v) is 8.63. The fraction of sp³-hybridized carbons (Fsp3) is 1.00. The van der Waals surface area contributed by atoms with Gasteiger partial charge in [0.15, 0.2) is 0 Å². The Morgan fingerprint density at radius 3 is 2.47 bits per heavy atom. The topological polar surface area (TPSA) is 29.3 Å². The van der Waals surface area contributed by atoms with E-state index in [1.807, 2.05) is 0 Å². The molecular weight excluding hydrogens is 232 g/mol. The molecule has 0 aromatic carbocycles. The maximum atomic E-state index is 6.47. The van der Waals surface area contributed by atoms with Crippen molar-refractivity contribution in [2.75, 3.05) is 6.54 Å². The molecule has 2 aliphatic rings. The molecule has 3 atom stereocenters. The van der Waals surface area contributed by atoms with Crippen molar-refractivity contribution in [2.24, 2.45) is 17.6 Å². The van der Waals surface area contributed by atoms with Crippen LogP contribution in [0.25, 0.3) is 0 Å². The van der Waals surface area contributed by atoms with Gasteiger partial charge in [0.05, 0.1) is 0 Å². The SMILES string of the molecule is CCCC1CCC(N)C(N(CCC(C)C)C2CC2)C1. The zero-order chi connectivity index (χ0) is 13.8. The Morgan fingerprint density at radius 2 is 1.89 bits per heavy atom. The highest BCUT2D eigenvalue weighted by atomic mass is 15.2. The normalized spacial score (nSPS) is 32.2. The lowest BCUT2D eigenvalue weighted by molar-refractivity contribution is 0.0963. The van der Waals surface area contributed by atoms with Crippen LogP contribution in [0.3, 0.4) is 0 Å². The molecule has 112 valence electrons. The number of rotatable bonds is 7. The highest BCUT2D eigenvalue weighted by Gasteiger charge is 2.39. The summed E-state index contributed by atoms with van der Waals surface area (Å²) in [5.41, 5.74) is 6.47. The molecule has 2 saturated carbocycles. The predicted octanol–water partition coefficient (Wildman–Crippen LogP) is 3.79. The second-order valence-electron chi connectivity index (χ2n) is 7.35. The Labute approximate surface area is 120 Å². The zero-order valence-electron chi connectivity index (χ0n) is 13.3. The van der Waals surface area contributed by atoms with Crippen molar-refractivity contribution < 1.29 is 0 Å². The minimum atomic E-state index is 0.431. The molecule has 2 heteroatoms. The maximum absolute atomic E-state index is 6.47. The molecule has 2 fully saturated rings. The van der Waals surface area contributed by atoms with Crippen LogP contribution in [0.4, 0.5) is 0 Å². The first-order valence-electron chi connectivity index (χ1n) is 8.63. The third-order valence-corrected chi connectivity index (χ3v) is 5.08. The van der Waals surface area contributed by atoms with Crippen LogP contribution in [-0.4, -0.2) is 29.6 Å². The molecule has 0 saturated heterocycles. The second-order valence-corrected chi connectivity index (χ2v) is 7.35. The minimum absolute atomic E-state index is 0.431. The lowest BCUT2D eigenvalue weighted by Crippen LogP contribution is -2.52. The average molecular weight is 266 g/mol. The summed E-state index contributed by atoms with van der Waals surface area (Å²) < 4.78 is 0. The van der Waals surface area contributed by atoms with Crippen molar-refractivity contribution in [3.63, 3.8) is 0 Å². The standard InChI is InChI=1S/C17H34N2/c1-4-5-14-6-9-16(18)17(12-14)19(15-7-8-15)11-10-13(2)3/h13-17H,4-12,18H2,1-3H3. The fourth-order valence-electron chi connectivity index (χ4n) is 3.74. The van der Waals surface area contributed by atoms with Crippen molar-refractivity contribution in [3.05, 3.63) is 0 Å². The van der Waals surface area contributed by atoms with E-state index in [4.69, 9.17) is 5.73 Å². The third-order valence-electron chi connectivity index (χ3n) is 5.08. The summed E-state index contributed by atoms with van der Waals surface area (Å²) in [6.45, 7) is 8.28. The summed E-state index contributed by atoms with van der Waals surface area (Å²) in [6, 6.07) is 1.98. The van der Waals surface area contributed by atoms with E-state index in [-0.39, 0.29) is 0 Å². The summed E-state index contributed by atoms with van der Waals surface area (Å²) in [6.07, 6.45) is 10.9. The number of hydrogen-bond donors (Lipinski definition) is 1. The monoisotopic (exact) mass is 266 g/mol. The molecule has 0 heterocycles. The summed E-state index contributed by atoms with van der Waals surface area (Å²) in [5.74, 6) is 1.75. The molecule has 0 aliphatic heterocycles. The van der Waals surface area contributed by atoms with Crippen LogP contribution in [0.1, 0.15) is 72.1 Å². The molecule has 0 bridgehead atoms. The lowest BCUT2D eigenvalue weighted by Gasteiger charge is -2.42. The van der Waals surface area contributed by atoms with E-state index in [9.17, 15) is 0 Å². The van der Waals surface area contributed by atoms with Gasteiger partial charge in [-0.2, -0.15) is 0 Å². The van der Waals surface area contributed by atoms with Crippen LogP contribution >= 0.6 is 0 Å². The van der Waals surface area contributed by atoms with Crippen LogP contribution in [0.5, 0.6) is 0 Å². The zero-order valence-corrected chi connectivity index (χ0v) is 13.3. The lowest BCUT2D eigenvalue weighted by atomic mass is 9.79. The van der Waals surface area contributed by atoms with Crippen molar-refractivity contribution in [1.29, 1.82) is 0 Å². The van der Waals surface area contributed by atoms with Gasteiger partial charge in [-0.3, -0.25) is 4.90 Å². The van der Waals surface area contributed by atoms with Crippen LogP contribution in [0.15, 0.2) is 0 Å². The van der Waals surface area contributed by atoms with Crippen LogP contribution in [0, 0.1) is 11.8 Å². The molecule has 0 radical (unpaired) electrons. The number of nitrogens with zero attached hydrogens (tertiary/aromatic N) is 1. The molecule has 2 rings (SSSR count). The Morgan fingerprint density at radius 1 is 1.16 bits per heavy atom. The van der Waals surface area contributed by atoms with Gasteiger partial charge in [0, 0.05) is 18.1 Å². The van der Waals surface area contributed by atoms with E-state index in [1.54, 1.807) is 0 Å². The summed E-state index contributed by atoms with van der Waals surface area (Å²) in [4.78, 5) is 2.80. The maximum Gasteiger partial charge on any atom is 0.0252 e. The highest BCUT2D eigenvalue weighted by molar-refractivity contribution is 4.96. The molecule has 0 aromatic heterocycles. The average Bonchev–Trinajstić information content (AvgIpc) is 3.17. The van der Waals surface area contributed by atoms with Crippen molar-refractivity contribution in [1.82, 2.24) is 4.90 Å². The summed E-state index contributed by atoms with van der Waals surface area (Å²) in [7, 11) is 0. The number of hydrogen-bond acceptors (Lipinski definition) is 2. The Hall–Kier alpha value is -0.0800. The predicted molar refractivity (Wildman–Crippen MR) is 83.2 cm³/mol. The Bertz CT molecular complexity index is 260. The smallest absolute Gasteiger partial charge is 0.0252 e. The van der Waals surface area contributed by atoms with Gasteiger partial charge in [0.25, 0.3) is 0 Å². The minimum Gasteiger partial charge on any atom is -0.326 e. The Balaban J connectivity index is 1.93. The van der Waals surface area contributed by atoms with E-state index in [2.05, 4.69) is 25.7 Å². The van der Waals surface area contributed by atoms with Gasteiger partial charge >= 0.3 is 0 Å². The molecule has 19 heavy (non-hydrogen) atoms. The molecule has 0 spiro atoms. The van der Waals surface area contributed by atoms with Crippen LogP contribution in [0.2, 0.25) is 0 Å². The molecule has 2 aliphatic carbocycles. The van der Waals surface area contributed by atoms with E-state index in [0.29, 0.717) is 12.1 Å². The van der Waals surface area contributed by atoms with E-state index >= 15 is 0 Å². The van der Waals surface area contributed by atoms with Gasteiger partial charge in [-0.15, -0.1) is 0 Å². The molecule has 2 N–H and O–H groups in total. The first-order chi connectivity index (χ1) is 9.11. The van der Waals surface area contributed by atoms with Gasteiger partial charge in [-0.25, -0.2) is 0 Å². The third kappa shape index (κ3) is 4.46. The van der Waals surface area contributed by atoms with Gasteiger partial charge in [0.2, 0.25) is 0 Å². The fourth-order valence-corrected chi connectivity index (χ4v) is 3.74. The van der Waals surface area contributed by atoms with E-state index in [0.717, 1.165) is 17.9 Å². The molecule has 0 aromatic rings. The largest absolute Gasteiger partial charge is 0.326 e. The quantitative estimate of drug-likeness (QED) is 0.759. The van der Waals surface area contributed by atoms with Crippen molar-refractivity contribution >= 4 is 0 Å². The number of nitrogens with two attached hydrogens (primary N) is 1. The van der Waals surface area contributed by atoms with Crippen molar-refractivity contribution in [3.8, 4) is 0 Å². The van der Waals surface area contributed by atoms with E-state index < -0.39 is 0 Å². The highest BCUT2D eigenvalue weighted by Crippen LogP contribution is 2.36. The van der Waals surface area contributed by atoms with Crippen molar-refractivity contribution in [2.45, 2.75) is 90.3 Å². The van der Waals surface area contributed by atoms with Gasteiger partial charge in [-0.05, 0) is 56.9 Å². The molecular formula is C17H34N2. The summed E-state index contributed by atoms with van der Waals surface area (Å²) >= 11 is 0.